The van der Waals surface area contributed by atoms with Gasteiger partial charge in [0.05, 0.1) is 0 Å². The van der Waals surface area contributed by atoms with Gasteiger partial charge in [0, 0.05) is 19.3 Å². The van der Waals surface area contributed by atoms with Crippen molar-refractivity contribution in [3.8, 4) is 0 Å². The third kappa shape index (κ3) is 3.29. The van der Waals surface area contributed by atoms with Crippen LogP contribution in [0.4, 0.5) is 0 Å². The van der Waals surface area contributed by atoms with Gasteiger partial charge in [-0.25, -0.2) is 14.9 Å². The van der Waals surface area contributed by atoms with Crippen molar-refractivity contribution in [1.29, 1.82) is 0 Å². The van der Waals surface area contributed by atoms with E-state index >= 15 is 0 Å². The number of aromatic nitrogens is 4. The first-order chi connectivity index (χ1) is 9.65. The van der Waals surface area contributed by atoms with E-state index in [9.17, 15) is 4.79 Å². The van der Waals surface area contributed by atoms with E-state index in [2.05, 4.69) is 33.5 Å². The second-order valence-electron chi connectivity index (χ2n) is 4.40. The Kier molecular flexibility index (Phi) is 4.97. The van der Waals surface area contributed by atoms with Gasteiger partial charge < -0.3 is 5.32 Å². The smallest absolute Gasteiger partial charge is 0.313 e. The molecule has 0 atom stereocenters. The van der Waals surface area contributed by atoms with E-state index in [0.29, 0.717) is 11.7 Å². The van der Waals surface area contributed by atoms with Crippen LogP contribution < -0.4 is 11.0 Å². The molecule has 2 aromatic rings. The third-order valence-corrected chi connectivity index (χ3v) is 4.01. The number of hydrogen-bond donors (Lipinski definition) is 2. The van der Waals surface area contributed by atoms with Crippen LogP contribution in [0.2, 0.25) is 0 Å². The number of hydrogen-bond acceptors (Lipinski definition) is 5. The second kappa shape index (κ2) is 6.71. The van der Waals surface area contributed by atoms with Gasteiger partial charge in [-0.2, -0.15) is 0 Å². The molecule has 0 fully saturated rings. The first-order valence-corrected chi connectivity index (χ1v) is 7.46. The lowest BCUT2D eigenvalue weighted by Crippen LogP contribution is -2.16. The molecule has 2 heterocycles. The summed E-state index contributed by atoms with van der Waals surface area (Å²) >= 11 is 1.41. The molecule has 2 N–H and O–H groups in total. The van der Waals surface area contributed by atoms with E-state index in [0.717, 1.165) is 29.2 Å². The summed E-state index contributed by atoms with van der Waals surface area (Å²) in [6.45, 7) is 8.36. The van der Waals surface area contributed by atoms with Crippen molar-refractivity contribution in [1.82, 2.24) is 25.1 Å². The van der Waals surface area contributed by atoms with E-state index in [1.807, 2.05) is 20.0 Å². The van der Waals surface area contributed by atoms with Crippen LogP contribution in [0.3, 0.4) is 0 Å². The molecule has 0 unspecified atom stereocenters. The molecule has 2 rings (SSSR count). The second-order valence-corrected chi connectivity index (χ2v) is 5.36. The average Bonchev–Trinajstić information content (AvgIpc) is 2.79. The monoisotopic (exact) mass is 293 g/mol. The van der Waals surface area contributed by atoms with Gasteiger partial charge in [0.15, 0.2) is 5.16 Å². The zero-order valence-corrected chi connectivity index (χ0v) is 12.8. The van der Waals surface area contributed by atoms with E-state index in [1.54, 1.807) is 4.57 Å². The van der Waals surface area contributed by atoms with Gasteiger partial charge in [-0.3, -0.25) is 4.57 Å². The molecule has 0 amide bonds. The maximum absolute atomic E-state index is 11.5. The molecule has 0 aliphatic carbocycles. The number of nitrogens with zero attached hydrogens (tertiary/aromatic N) is 3. The lowest BCUT2D eigenvalue weighted by atomic mass is 10.2. The minimum absolute atomic E-state index is 0.184. The molecule has 6 nitrogen and oxygen atoms in total. The summed E-state index contributed by atoms with van der Waals surface area (Å²) in [6.07, 6.45) is 1.86. The highest BCUT2D eigenvalue weighted by Gasteiger charge is 2.11. The number of aromatic amines is 1. The molecule has 0 radical (unpaired) electrons. The van der Waals surface area contributed by atoms with Crippen LogP contribution in [0.15, 0.2) is 27.2 Å². The predicted octanol–water partition coefficient (Wildman–Crippen LogP) is 1.56. The summed E-state index contributed by atoms with van der Waals surface area (Å²) < 4.78 is 1.60. The first kappa shape index (κ1) is 14.8. The van der Waals surface area contributed by atoms with Crippen molar-refractivity contribution in [2.75, 3.05) is 6.54 Å². The highest BCUT2D eigenvalue weighted by molar-refractivity contribution is 7.99. The van der Waals surface area contributed by atoms with Gasteiger partial charge in [-0.05, 0) is 43.3 Å². The summed E-state index contributed by atoms with van der Waals surface area (Å²) in [6, 6.07) is 2.11. The number of rotatable bonds is 6. The van der Waals surface area contributed by atoms with Crippen LogP contribution in [0, 0.1) is 6.92 Å². The van der Waals surface area contributed by atoms with Crippen molar-refractivity contribution in [2.45, 2.75) is 44.0 Å². The fraction of sp³-hybridized carbons (Fsp3) is 0.462. The highest BCUT2D eigenvalue weighted by Crippen LogP contribution is 2.26. The third-order valence-electron chi connectivity index (χ3n) is 2.89. The molecular formula is C13H19N5OS. The Labute approximate surface area is 122 Å². The van der Waals surface area contributed by atoms with Crippen LogP contribution in [0.1, 0.15) is 25.0 Å². The number of nitrogens with one attached hydrogen (secondary N) is 2. The average molecular weight is 293 g/mol. The minimum atomic E-state index is -0.184. The van der Waals surface area contributed by atoms with Crippen molar-refractivity contribution in [3.63, 3.8) is 0 Å². The van der Waals surface area contributed by atoms with Crippen molar-refractivity contribution in [2.24, 2.45) is 0 Å². The molecule has 0 aliphatic heterocycles. The van der Waals surface area contributed by atoms with E-state index in [1.165, 1.54) is 11.8 Å². The van der Waals surface area contributed by atoms with Crippen LogP contribution in [0.25, 0.3) is 0 Å². The first-order valence-electron chi connectivity index (χ1n) is 6.65. The van der Waals surface area contributed by atoms with Crippen molar-refractivity contribution in [3.05, 3.63) is 33.9 Å². The zero-order valence-electron chi connectivity index (χ0n) is 11.9. The summed E-state index contributed by atoms with van der Waals surface area (Å²) in [4.78, 5) is 16.0. The maximum atomic E-state index is 11.5. The Balaban J connectivity index is 2.19. The van der Waals surface area contributed by atoms with Crippen molar-refractivity contribution >= 4 is 11.8 Å². The Bertz CT molecular complexity index is 634. The molecule has 2 aromatic heterocycles. The van der Waals surface area contributed by atoms with Crippen molar-refractivity contribution < 1.29 is 0 Å². The molecule has 7 heteroatoms. The molecule has 108 valence electrons. The zero-order chi connectivity index (χ0) is 14.5. The van der Waals surface area contributed by atoms with Crippen LogP contribution in [-0.2, 0) is 13.1 Å². The maximum Gasteiger partial charge on any atom is 0.343 e. The summed E-state index contributed by atoms with van der Waals surface area (Å²) in [5.74, 6) is 0. The molecule has 0 saturated heterocycles. The number of pyridine rings is 1. The molecule has 0 aromatic carbocycles. The standard InChI is InChI=1S/C13H19N5OS/c1-4-14-7-10-6-9(3)11(15-8-10)20-13-17-16-12(19)18(13)5-2/h6,8,14H,4-5,7H2,1-3H3,(H,16,19). The fourth-order valence-corrected chi connectivity index (χ4v) is 2.75. The van der Waals surface area contributed by atoms with E-state index < -0.39 is 0 Å². The van der Waals surface area contributed by atoms with E-state index in [4.69, 9.17) is 0 Å². The molecule has 0 saturated carbocycles. The quantitative estimate of drug-likeness (QED) is 0.845. The van der Waals surface area contributed by atoms with Crippen LogP contribution >= 0.6 is 11.8 Å². The molecule has 0 bridgehead atoms. The van der Waals surface area contributed by atoms with Gasteiger partial charge in [0.2, 0.25) is 0 Å². The topological polar surface area (TPSA) is 75.6 Å². The van der Waals surface area contributed by atoms with Gasteiger partial charge in [-0.1, -0.05) is 13.0 Å². The normalized spacial score (nSPS) is 10.9. The predicted molar refractivity (Wildman–Crippen MR) is 79.0 cm³/mol. The number of aryl methyl sites for hydroxylation is 1. The highest BCUT2D eigenvalue weighted by atomic mass is 32.2. The van der Waals surface area contributed by atoms with E-state index in [-0.39, 0.29) is 5.69 Å². The number of H-pyrrole nitrogens is 1. The summed E-state index contributed by atoms with van der Waals surface area (Å²) in [5.41, 5.74) is 2.06. The Morgan fingerprint density at radius 2 is 2.25 bits per heavy atom. The summed E-state index contributed by atoms with van der Waals surface area (Å²) in [5, 5.41) is 11.3. The van der Waals surface area contributed by atoms with Gasteiger partial charge in [-0.15, -0.1) is 5.10 Å². The molecule has 20 heavy (non-hydrogen) atoms. The summed E-state index contributed by atoms with van der Waals surface area (Å²) in [7, 11) is 0. The Morgan fingerprint density at radius 3 is 2.90 bits per heavy atom. The Morgan fingerprint density at radius 1 is 1.45 bits per heavy atom. The van der Waals surface area contributed by atoms with Gasteiger partial charge in [0.1, 0.15) is 5.03 Å². The lowest BCUT2D eigenvalue weighted by molar-refractivity contribution is 0.660. The molecular weight excluding hydrogens is 274 g/mol. The minimum Gasteiger partial charge on any atom is -0.313 e. The fourth-order valence-electron chi connectivity index (χ4n) is 1.84. The van der Waals surface area contributed by atoms with Gasteiger partial charge >= 0.3 is 5.69 Å². The van der Waals surface area contributed by atoms with Crippen LogP contribution in [-0.4, -0.2) is 26.3 Å². The SMILES string of the molecule is CCNCc1cnc(Sc2n[nH]c(=O)n2CC)c(C)c1. The van der Waals surface area contributed by atoms with Crippen LogP contribution in [0.5, 0.6) is 0 Å². The lowest BCUT2D eigenvalue weighted by Gasteiger charge is -2.07. The van der Waals surface area contributed by atoms with Gasteiger partial charge in [0.25, 0.3) is 0 Å². The molecule has 0 aliphatic rings. The largest absolute Gasteiger partial charge is 0.343 e. The Hall–Kier alpha value is -1.60. The molecule has 0 spiro atoms.